The van der Waals surface area contributed by atoms with E-state index in [4.69, 9.17) is 23.4 Å². The lowest BCUT2D eigenvalue weighted by molar-refractivity contribution is -0.154. The summed E-state index contributed by atoms with van der Waals surface area (Å²) in [6.45, 7) is 25.2. The molecule has 10 heteroatoms. The molecule has 1 aromatic rings. The van der Waals surface area contributed by atoms with Crippen molar-refractivity contribution in [2.24, 2.45) is 0 Å². The summed E-state index contributed by atoms with van der Waals surface area (Å²) in [5.41, 5.74) is 1.00. The minimum absolute atomic E-state index is 0.110. The maximum atomic E-state index is 14.0. The second kappa shape index (κ2) is 13.3. The molecule has 45 heavy (non-hydrogen) atoms. The predicted octanol–water partition coefficient (Wildman–Crippen LogP) is 7.56. The number of allylic oxidation sites excluding steroid dienone is 1. The lowest BCUT2D eigenvalue weighted by Crippen LogP contribution is -2.44. The number of carbonyl (C=O) groups excluding carboxylic acids is 3. The lowest BCUT2D eigenvalue weighted by atomic mass is 10.0. The molecule has 0 aliphatic carbocycles. The van der Waals surface area contributed by atoms with Gasteiger partial charge in [-0.05, 0) is 85.2 Å². The van der Waals surface area contributed by atoms with Gasteiger partial charge in [-0.2, -0.15) is 0 Å². The molecule has 0 saturated carbocycles. The maximum Gasteiger partial charge on any atom is 0.414 e. The molecule has 2 aliphatic rings. The van der Waals surface area contributed by atoms with Gasteiger partial charge in [-0.15, -0.1) is 0 Å². The summed E-state index contributed by atoms with van der Waals surface area (Å²) in [4.78, 5) is 42.0. The van der Waals surface area contributed by atoms with Crippen molar-refractivity contribution in [2.75, 3.05) is 11.4 Å². The Labute approximate surface area is 270 Å². The summed E-state index contributed by atoms with van der Waals surface area (Å²) in [5, 5.41) is -0.191. The summed E-state index contributed by atoms with van der Waals surface area (Å²) in [7, 11) is -2.50. The zero-order chi connectivity index (χ0) is 34.1. The molecule has 0 unspecified atom stereocenters. The molecule has 1 saturated heterocycles. The minimum atomic E-state index is -2.50. The van der Waals surface area contributed by atoms with E-state index in [-0.39, 0.29) is 29.2 Å². The highest BCUT2D eigenvalue weighted by Crippen LogP contribution is 2.41. The second-order valence-corrected chi connectivity index (χ2v) is 19.4. The highest BCUT2D eigenvalue weighted by atomic mass is 28.4. The van der Waals surface area contributed by atoms with Crippen molar-refractivity contribution >= 4 is 31.9 Å². The van der Waals surface area contributed by atoms with Gasteiger partial charge in [0, 0.05) is 31.0 Å². The molecule has 0 N–H and O–H groups in total. The molecule has 0 aromatic heterocycles. The van der Waals surface area contributed by atoms with E-state index in [0.29, 0.717) is 23.5 Å². The fourth-order valence-electron chi connectivity index (χ4n) is 4.67. The van der Waals surface area contributed by atoms with Crippen molar-refractivity contribution in [1.29, 1.82) is 0 Å². The Balaban J connectivity index is 2.29. The van der Waals surface area contributed by atoms with Crippen molar-refractivity contribution in [1.82, 2.24) is 0 Å². The van der Waals surface area contributed by atoms with Gasteiger partial charge in [-0.25, -0.2) is 9.59 Å². The van der Waals surface area contributed by atoms with Crippen LogP contribution in [0.2, 0.25) is 18.1 Å². The number of ketones is 1. The number of nitrogens with zero attached hydrogens (tertiary/aromatic N) is 1. The Bertz CT molecular complexity index is 1400. The van der Waals surface area contributed by atoms with Gasteiger partial charge in [0.1, 0.15) is 35.2 Å². The van der Waals surface area contributed by atoms with Crippen LogP contribution in [-0.2, 0) is 23.7 Å². The number of anilines is 1. The highest BCUT2D eigenvalue weighted by molar-refractivity contribution is 6.74. The zero-order valence-electron chi connectivity index (χ0n) is 29.3. The molecule has 0 radical (unpaired) electrons. The molecular formula is C35H51NO8Si. The maximum absolute atomic E-state index is 14.0. The van der Waals surface area contributed by atoms with E-state index in [2.05, 4.69) is 45.7 Å². The van der Waals surface area contributed by atoms with Crippen LogP contribution in [0, 0.1) is 11.8 Å². The summed E-state index contributed by atoms with van der Waals surface area (Å²) >= 11 is 0. The number of carbonyl (C=O) groups is 3. The average Bonchev–Trinajstić information content (AvgIpc) is 3.19. The van der Waals surface area contributed by atoms with Gasteiger partial charge in [-0.3, -0.25) is 9.69 Å². The minimum Gasteiger partial charge on any atom is -0.543 e. The summed E-state index contributed by atoms with van der Waals surface area (Å²) in [6.07, 6.45) is -0.487. The van der Waals surface area contributed by atoms with E-state index in [1.807, 2.05) is 13.8 Å². The second-order valence-electron chi connectivity index (χ2n) is 14.7. The van der Waals surface area contributed by atoms with Gasteiger partial charge >= 0.3 is 12.1 Å². The van der Waals surface area contributed by atoms with Crippen molar-refractivity contribution in [3.63, 3.8) is 0 Å². The van der Waals surface area contributed by atoms with E-state index < -0.39 is 50.1 Å². The van der Waals surface area contributed by atoms with Crippen LogP contribution in [-0.4, -0.2) is 62.4 Å². The largest absolute Gasteiger partial charge is 0.543 e. The molecule has 2 aliphatic heterocycles. The Morgan fingerprint density at radius 1 is 1.11 bits per heavy atom. The van der Waals surface area contributed by atoms with Crippen LogP contribution >= 0.6 is 0 Å². The lowest BCUT2D eigenvalue weighted by Gasteiger charge is -2.37. The average molecular weight is 642 g/mol. The summed E-state index contributed by atoms with van der Waals surface area (Å²) in [6, 6.07) is 3.39. The Kier molecular flexibility index (Phi) is 10.7. The molecule has 248 valence electrons. The molecule has 3 atom stereocenters. The number of hydrogen-bond donors (Lipinski definition) is 0. The number of rotatable bonds is 4. The zero-order valence-corrected chi connectivity index (χ0v) is 30.3. The first-order chi connectivity index (χ1) is 20.5. The number of hydrogen-bond acceptors (Lipinski definition) is 8. The Hall–Kier alpha value is -3.13. The van der Waals surface area contributed by atoms with Crippen LogP contribution in [0.5, 0.6) is 5.75 Å². The fourth-order valence-corrected chi connectivity index (χ4v) is 5.69. The van der Waals surface area contributed by atoms with Crippen LogP contribution < -0.4 is 9.33 Å². The first-order valence-electron chi connectivity index (χ1n) is 15.7. The van der Waals surface area contributed by atoms with Crippen molar-refractivity contribution in [2.45, 2.75) is 137 Å². The number of Topliss-reactive ketones (excluding diaryl/α,β-unsaturated/α-hetero) is 1. The molecule has 1 aromatic carbocycles. The standard InChI is InChI=1S/C35H51NO8Si/c1-14-36(32(39)43-33(4,5)6)25-20-24-16-15-17-27-30(42-35(10,11)41-27)26(37)19-18-22(2)23(3)40-31(38)29(24)28(21-25)44-45(12,13)34(7,8)9/h18,20-21,23,27,30H,14,17,19H2,1-13H3/t23-,27-,30+/m0/s1. The quantitative estimate of drug-likeness (QED) is 0.144. The molecule has 3 rings (SSSR count). The topological polar surface area (TPSA) is 101 Å². The van der Waals surface area contributed by atoms with Gasteiger partial charge in [0.2, 0.25) is 0 Å². The summed E-state index contributed by atoms with van der Waals surface area (Å²) in [5.74, 6) is 4.88. The third-order valence-electron chi connectivity index (χ3n) is 8.28. The van der Waals surface area contributed by atoms with Crippen molar-refractivity contribution < 1.29 is 37.8 Å². The normalized spacial score (nSPS) is 22.5. The number of amides is 1. The van der Waals surface area contributed by atoms with Gasteiger partial charge in [0.15, 0.2) is 11.6 Å². The SMILES string of the molecule is CCN(C(=O)OC(C)(C)C)c1cc2c(c(O[Si](C)(C)C(C)(C)C)c1)C(=O)O[C@@H](C)C(C)=CCC(=O)[C@H]1OC(C)(C)O[C@H]1CC#C2. The molecule has 1 fully saturated rings. The van der Waals surface area contributed by atoms with E-state index in [0.717, 1.165) is 5.57 Å². The Morgan fingerprint density at radius 2 is 1.76 bits per heavy atom. The Morgan fingerprint density at radius 3 is 2.33 bits per heavy atom. The smallest absolute Gasteiger partial charge is 0.414 e. The number of cyclic esters (lactones) is 1. The van der Waals surface area contributed by atoms with Crippen molar-refractivity contribution in [3.8, 4) is 17.6 Å². The number of fused-ring (bicyclic) bond motifs is 2. The van der Waals surface area contributed by atoms with E-state index >= 15 is 0 Å². The summed E-state index contributed by atoms with van der Waals surface area (Å²) < 4.78 is 30.5. The van der Waals surface area contributed by atoms with E-state index in [9.17, 15) is 14.4 Å². The first-order valence-corrected chi connectivity index (χ1v) is 18.6. The van der Waals surface area contributed by atoms with Gasteiger partial charge in [0.25, 0.3) is 8.32 Å². The van der Waals surface area contributed by atoms with Crippen LogP contribution in [0.3, 0.4) is 0 Å². The van der Waals surface area contributed by atoms with Crippen LogP contribution in [0.1, 0.15) is 105 Å². The van der Waals surface area contributed by atoms with Crippen LogP contribution in [0.15, 0.2) is 23.8 Å². The van der Waals surface area contributed by atoms with E-state index in [1.165, 1.54) is 4.90 Å². The molecule has 0 spiro atoms. The molecule has 9 nitrogen and oxygen atoms in total. The molecule has 2 heterocycles. The van der Waals surface area contributed by atoms with Gasteiger partial charge in [-0.1, -0.05) is 38.7 Å². The van der Waals surface area contributed by atoms with E-state index in [1.54, 1.807) is 59.8 Å². The van der Waals surface area contributed by atoms with Crippen LogP contribution in [0.4, 0.5) is 10.5 Å². The number of benzene rings is 1. The third-order valence-corrected chi connectivity index (χ3v) is 12.6. The number of ether oxygens (including phenoxy) is 4. The fraction of sp³-hybridized carbons (Fsp3) is 0.629. The monoisotopic (exact) mass is 641 g/mol. The predicted molar refractivity (Wildman–Crippen MR) is 177 cm³/mol. The number of esters is 1. The van der Waals surface area contributed by atoms with Gasteiger partial charge in [0.05, 0.1) is 5.69 Å². The first kappa shape index (κ1) is 36.3. The molecule has 0 bridgehead atoms. The molecular weight excluding hydrogens is 590 g/mol. The highest BCUT2D eigenvalue weighted by Gasteiger charge is 2.44. The molecule has 1 amide bonds. The van der Waals surface area contributed by atoms with Crippen molar-refractivity contribution in [3.05, 3.63) is 34.9 Å². The van der Waals surface area contributed by atoms with Crippen LogP contribution in [0.25, 0.3) is 0 Å². The third kappa shape index (κ3) is 8.99. The van der Waals surface area contributed by atoms with Gasteiger partial charge < -0.3 is 23.4 Å².